The van der Waals surface area contributed by atoms with E-state index in [4.69, 9.17) is 5.11 Å². The first-order valence-electron chi connectivity index (χ1n) is 3.15. The molecule has 0 aliphatic heterocycles. The van der Waals surface area contributed by atoms with Crippen molar-refractivity contribution >= 4 is 5.91 Å². The molecule has 0 saturated carbocycles. The molecule has 0 unspecified atom stereocenters. The van der Waals surface area contributed by atoms with E-state index < -0.39 is 0 Å². The smallest absolute Gasteiger partial charge is 0.233 e. The van der Waals surface area contributed by atoms with Crippen LogP contribution in [0.25, 0.3) is 0 Å². The Bertz CT molecular complexity index is 114. The van der Waals surface area contributed by atoms with Crippen LogP contribution in [0.4, 0.5) is 0 Å². The zero-order valence-corrected chi connectivity index (χ0v) is 6.66. The molecule has 0 aliphatic rings. The average molecular weight is 146 g/mol. The molecule has 0 rings (SSSR count). The van der Waals surface area contributed by atoms with Gasteiger partial charge < -0.3 is 5.11 Å². The monoisotopic (exact) mass is 146 g/mol. The number of amides is 1. The van der Waals surface area contributed by atoms with Crippen LogP contribution in [0.5, 0.6) is 0 Å². The second-order valence-corrected chi connectivity index (χ2v) is 2.21. The molecular formula is C6H14N2O2. The SMILES string of the molecule is CC(=O)N(CCO)N(C)C. The summed E-state index contributed by atoms with van der Waals surface area (Å²) in [5, 5.41) is 11.6. The fourth-order valence-corrected chi connectivity index (χ4v) is 0.734. The third-order valence-electron chi connectivity index (χ3n) is 1.16. The molecule has 1 N–H and O–H groups in total. The van der Waals surface area contributed by atoms with Crippen molar-refractivity contribution in [1.82, 2.24) is 10.0 Å². The van der Waals surface area contributed by atoms with E-state index in [9.17, 15) is 4.79 Å². The molecule has 4 nitrogen and oxygen atoms in total. The summed E-state index contributed by atoms with van der Waals surface area (Å²) < 4.78 is 0. The normalized spacial score (nSPS) is 10.1. The van der Waals surface area contributed by atoms with Crippen LogP contribution in [0.1, 0.15) is 6.92 Å². The van der Waals surface area contributed by atoms with Crippen LogP contribution in [0, 0.1) is 0 Å². The molecule has 0 spiro atoms. The predicted molar refractivity (Wildman–Crippen MR) is 38.2 cm³/mol. The highest BCUT2D eigenvalue weighted by Crippen LogP contribution is 1.90. The molecule has 0 aromatic heterocycles. The fraction of sp³-hybridized carbons (Fsp3) is 0.833. The second kappa shape index (κ2) is 4.24. The third-order valence-corrected chi connectivity index (χ3v) is 1.16. The summed E-state index contributed by atoms with van der Waals surface area (Å²) in [5.41, 5.74) is 0. The lowest BCUT2D eigenvalue weighted by molar-refractivity contribution is -0.143. The minimum Gasteiger partial charge on any atom is -0.394 e. The maximum Gasteiger partial charge on any atom is 0.233 e. The lowest BCUT2D eigenvalue weighted by Gasteiger charge is -2.26. The van der Waals surface area contributed by atoms with Gasteiger partial charge in [0.25, 0.3) is 0 Å². The lowest BCUT2D eigenvalue weighted by Crippen LogP contribution is -2.42. The molecule has 0 aliphatic carbocycles. The van der Waals surface area contributed by atoms with E-state index in [0.717, 1.165) is 0 Å². The first kappa shape index (κ1) is 9.39. The van der Waals surface area contributed by atoms with E-state index in [0.29, 0.717) is 6.54 Å². The Balaban J connectivity index is 3.85. The van der Waals surface area contributed by atoms with Gasteiger partial charge in [0, 0.05) is 21.0 Å². The van der Waals surface area contributed by atoms with Gasteiger partial charge in [0.1, 0.15) is 0 Å². The third kappa shape index (κ3) is 2.80. The highest BCUT2D eigenvalue weighted by atomic mass is 16.3. The van der Waals surface area contributed by atoms with E-state index in [1.165, 1.54) is 11.9 Å². The van der Waals surface area contributed by atoms with Crippen molar-refractivity contribution in [3.05, 3.63) is 0 Å². The lowest BCUT2D eigenvalue weighted by atomic mass is 10.6. The molecule has 1 amide bonds. The first-order chi connectivity index (χ1) is 4.59. The molecule has 0 fully saturated rings. The molecular weight excluding hydrogens is 132 g/mol. The van der Waals surface area contributed by atoms with Crippen LogP contribution >= 0.6 is 0 Å². The van der Waals surface area contributed by atoms with Crippen molar-refractivity contribution in [3.8, 4) is 0 Å². The van der Waals surface area contributed by atoms with E-state index in [1.54, 1.807) is 19.1 Å². The molecule has 0 aromatic carbocycles. The molecule has 10 heavy (non-hydrogen) atoms. The van der Waals surface area contributed by atoms with E-state index in [2.05, 4.69) is 0 Å². The van der Waals surface area contributed by atoms with Crippen molar-refractivity contribution in [1.29, 1.82) is 0 Å². The largest absolute Gasteiger partial charge is 0.394 e. The van der Waals surface area contributed by atoms with Gasteiger partial charge in [-0.1, -0.05) is 0 Å². The van der Waals surface area contributed by atoms with Crippen molar-refractivity contribution in [2.24, 2.45) is 0 Å². The summed E-state index contributed by atoms with van der Waals surface area (Å²) >= 11 is 0. The fourth-order valence-electron chi connectivity index (χ4n) is 0.734. The topological polar surface area (TPSA) is 43.8 Å². The number of rotatable bonds is 3. The van der Waals surface area contributed by atoms with Crippen LogP contribution < -0.4 is 0 Å². The van der Waals surface area contributed by atoms with E-state index in [1.807, 2.05) is 0 Å². The number of carbonyl (C=O) groups excluding carboxylic acids is 1. The van der Waals surface area contributed by atoms with Gasteiger partial charge in [-0.3, -0.25) is 9.80 Å². The summed E-state index contributed by atoms with van der Waals surface area (Å²) in [6.45, 7) is 1.83. The molecule has 0 radical (unpaired) electrons. The number of hydrazine groups is 1. The van der Waals surface area contributed by atoms with Gasteiger partial charge in [0.2, 0.25) is 5.91 Å². The first-order valence-corrected chi connectivity index (χ1v) is 3.15. The van der Waals surface area contributed by atoms with Gasteiger partial charge in [-0.25, -0.2) is 5.01 Å². The number of hydrogen-bond donors (Lipinski definition) is 1. The molecule has 0 heterocycles. The quantitative estimate of drug-likeness (QED) is 0.536. The number of carbonyl (C=O) groups is 1. The van der Waals surface area contributed by atoms with Gasteiger partial charge in [-0.05, 0) is 0 Å². The second-order valence-electron chi connectivity index (χ2n) is 2.21. The number of aliphatic hydroxyl groups excluding tert-OH is 1. The standard InChI is InChI=1S/C6H14N2O2/c1-6(10)8(4-5-9)7(2)3/h9H,4-5H2,1-3H3. The highest BCUT2D eigenvalue weighted by molar-refractivity contribution is 5.72. The number of nitrogens with zero attached hydrogens (tertiary/aromatic N) is 2. The van der Waals surface area contributed by atoms with Gasteiger partial charge in [-0.15, -0.1) is 0 Å². The average Bonchev–Trinajstić information content (AvgIpc) is 1.81. The Morgan fingerprint density at radius 3 is 2.10 bits per heavy atom. The highest BCUT2D eigenvalue weighted by Gasteiger charge is 2.08. The number of aliphatic hydroxyl groups is 1. The number of hydrogen-bond acceptors (Lipinski definition) is 3. The summed E-state index contributed by atoms with van der Waals surface area (Å²) in [6, 6.07) is 0. The van der Waals surface area contributed by atoms with Gasteiger partial charge >= 0.3 is 0 Å². The van der Waals surface area contributed by atoms with Gasteiger partial charge in [0.15, 0.2) is 0 Å². The van der Waals surface area contributed by atoms with Crippen LogP contribution in [0.15, 0.2) is 0 Å². The maximum atomic E-state index is 10.7. The zero-order chi connectivity index (χ0) is 8.15. The van der Waals surface area contributed by atoms with Crippen molar-refractivity contribution < 1.29 is 9.90 Å². The zero-order valence-electron chi connectivity index (χ0n) is 6.66. The van der Waals surface area contributed by atoms with Gasteiger partial charge in [-0.2, -0.15) is 0 Å². The predicted octanol–water partition coefficient (Wildman–Crippen LogP) is -0.696. The minimum atomic E-state index is -0.0564. The van der Waals surface area contributed by atoms with Crippen LogP contribution in [0.2, 0.25) is 0 Å². The van der Waals surface area contributed by atoms with Crippen molar-refractivity contribution in [2.75, 3.05) is 27.2 Å². The van der Waals surface area contributed by atoms with Crippen molar-refractivity contribution in [2.45, 2.75) is 6.92 Å². The summed E-state index contributed by atoms with van der Waals surface area (Å²) in [7, 11) is 3.52. The molecule has 0 aromatic rings. The molecule has 0 saturated heterocycles. The molecule has 60 valence electrons. The van der Waals surface area contributed by atoms with Crippen molar-refractivity contribution in [3.63, 3.8) is 0 Å². The summed E-state index contributed by atoms with van der Waals surface area (Å²) in [6.07, 6.45) is 0. The minimum absolute atomic E-state index is 0.00222. The summed E-state index contributed by atoms with van der Waals surface area (Å²) in [5.74, 6) is -0.0564. The van der Waals surface area contributed by atoms with E-state index in [-0.39, 0.29) is 12.5 Å². The Morgan fingerprint density at radius 1 is 1.50 bits per heavy atom. The van der Waals surface area contributed by atoms with Crippen LogP contribution in [-0.2, 0) is 4.79 Å². The Labute approximate surface area is 61.0 Å². The molecule has 4 heteroatoms. The summed E-state index contributed by atoms with van der Waals surface area (Å²) in [4.78, 5) is 10.7. The van der Waals surface area contributed by atoms with E-state index >= 15 is 0 Å². The van der Waals surface area contributed by atoms with Crippen LogP contribution in [-0.4, -0.2) is 48.3 Å². The van der Waals surface area contributed by atoms with Crippen LogP contribution in [0.3, 0.4) is 0 Å². The Kier molecular flexibility index (Phi) is 3.99. The molecule has 0 atom stereocenters. The Morgan fingerprint density at radius 2 is 2.00 bits per heavy atom. The Hall–Kier alpha value is -0.610. The maximum absolute atomic E-state index is 10.7. The van der Waals surface area contributed by atoms with Gasteiger partial charge in [0.05, 0.1) is 13.2 Å². The molecule has 0 bridgehead atoms.